The Bertz CT molecular complexity index is 1180. The Kier molecular flexibility index (Phi) is 4.92. The van der Waals surface area contributed by atoms with E-state index in [2.05, 4.69) is 55.5 Å². The van der Waals surface area contributed by atoms with Crippen LogP contribution in [0.4, 0.5) is 0 Å². The number of ether oxygens (including phenoxy) is 1. The summed E-state index contributed by atoms with van der Waals surface area (Å²) in [7, 11) is 0. The molecule has 3 aliphatic rings. The number of hydrogen-bond donors (Lipinski definition) is 0. The van der Waals surface area contributed by atoms with Crippen LogP contribution in [0.15, 0.2) is 96.0 Å². The number of amides is 1. The SMILES string of the molecule is C[C@H]1C2C[C@@]3(O[C@H](c4ccccc4)N=C3C[C@@H]1c1ccccc1)N(Cc1ccccc1)C2=O. The average molecular weight is 437 g/mol. The molecule has 33 heavy (non-hydrogen) atoms. The van der Waals surface area contributed by atoms with Crippen LogP contribution in [-0.2, 0) is 16.1 Å². The molecule has 2 aliphatic heterocycles. The molecule has 1 unspecified atom stereocenters. The highest BCUT2D eigenvalue weighted by molar-refractivity contribution is 6.01. The first-order valence-corrected chi connectivity index (χ1v) is 11.9. The van der Waals surface area contributed by atoms with Crippen LogP contribution in [0.2, 0.25) is 0 Å². The van der Waals surface area contributed by atoms with E-state index in [0.29, 0.717) is 13.0 Å². The Labute approximate surface area is 194 Å². The molecular weight excluding hydrogens is 408 g/mol. The van der Waals surface area contributed by atoms with E-state index in [4.69, 9.17) is 9.73 Å². The second-order valence-corrected chi connectivity index (χ2v) is 9.54. The molecule has 0 aromatic heterocycles. The number of aliphatic imine (C=N–C) groups is 1. The van der Waals surface area contributed by atoms with E-state index in [1.807, 2.05) is 47.4 Å². The highest BCUT2D eigenvalue weighted by Crippen LogP contribution is 2.54. The van der Waals surface area contributed by atoms with Crippen LogP contribution in [-0.4, -0.2) is 22.2 Å². The van der Waals surface area contributed by atoms with Gasteiger partial charge in [-0.2, -0.15) is 0 Å². The zero-order valence-electron chi connectivity index (χ0n) is 18.8. The summed E-state index contributed by atoms with van der Waals surface area (Å²) < 4.78 is 6.80. The summed E-state index contributed by atoms with van der Waals surface area (Å²) in [6, 6.07) is 31.0. The second-order valence-electron chi connectivity index (χ2n) is 9.54. The molecule has 4 nitrogen and oxygen atoms in total. The summed E-state index contributed by atoms with van der Waals surface area (Å²) in [4.78, 5) is 21.0. The normalized spacial score (nSPS) is 30.6. The van der Waals surface area contributed by atoms with Crippen molar-refractivity contribution >= 4 is 11.6 Å². The smallest absolute Gasteiger partial charge is 0.229 e. The van der Waals surface area contributed by atoms with Crippen molar-refractivity contribution in [2.45, 2.75) is 44.2 Å². The zero-order valence-corrected chi connectivity index (χ0v) is 18.8. The highest BCUT2D eigenvalue weighted by atomic mass is 16.6. The molecule has 2 fully saturated rings. The standard InChI is InChI=1S/C29H28N2O2/c1-20-24(22-13-7-3-8-14-22)17-26-29(33-27(30-26)23-15-9-4-10-16-23)18-25(20)28(32)31(29)19-21-11-5-2-6-12-21/h2-16,20,24-25,27H,17-19H2,1H3/t20-,24+,25?,27-,29+/m1/s1. The van der Waals surface area contributed by atoms with Crippen LogP contribution in [0, 0.1) is 11.8 Å². The summed E-state index contributed by atoms with van der Waals surface area (Å²) >= 11 is 0. The molecule has 3 aromatic rings. The lowest BCUT2D eigenvalue weighted by atomic mass is 9.78. The summed E-state index contributed by atoms with van der Waals surface area (Å²) in [6.45, 7) is 2.77. The van der Waals surface area contributed by atoms with E-state index >= 15 is 0 Å². The monoisotopic (exact) mass is 436 g/mol. The van der Waals surface area contributed by atoms with E-state index in [1.54, 1.807) is 0 Å². The van der Waals surface area contributed by atoms with Gasteiger partial charge in [0.25, 0.3) is 0 Å². The summed E-state index contributed by atoms with van der Waals surface area (Å²) in [5.41, 5.74) is 3.68. The molecule has 0 N–H and O–H groups in total. The third-order valence-corrected chi connectivity index (χ3v) is 7.73. The molecule has 2 heterocycles. The number of fused-ring (bicyclic) bond motifs is 1. The van der Waals surface area contributed by atoms with Gasteiger partial charge in [0, 0.05) is 24.4 Å². The largest absolute Gasteiger partial charge is 0.321 e. The van der Waals surface area contributed by atoms with Gasteiger partial charge >= 0.3 is 0 Å². The topological polar surface area (TPSA) is 41.9 Å². The maximum Gasteiger partial charge on any atom is 0.229 e. The summed E-state index contributed by atoms with van der Waals surface area (Å²) in [6.07, 6.45) is 1.10. The number of hydrogen-bond acceptors (Lipinski definition) is 3. The maximum absolute atomic E-state index is 13.9. The lowest BCUT2D eigenvalue weighted by Crippen LogP contribution is -2.52. The van der Waals surface area contributed by atoms with Gasteiger partial charge in [0.05, 0.1) is 5.71 Å². The third kappa shape index (κ3) is 3.32. The Morgan fingerprint density at radius 3 is 2.15 bits per heavy atom. The Morgan fingerprint density at radius 1 is 0.879 bits per heavy atom. The van der Waals surface area contributed by atoms with Crippen molar-refractivity contribution < 1.29 is 9.53 Å². The molecule has 4 heteroatoms. The zero-order chi connectivity index (χ0) is 22.4. The third-order valence-electron chi connectivity index (χ3n) is 7.73. The Balaban J connectivity index is 1.44. The van der Waals surface area contributed by atoms with E-state index in [0.717, 1.165) is 23.3 Å². The molecule has 1 saturated carbocycles. The number of benzene rings is 3. The van der Waals surface area contributed by atoms with Gasteiger partial charge in [-0.15, -0.1) is 0 Å². The van der Waals surface area contributed by atoms with Crippen molar-refractivity contribution in [3.05, 3.63) is 108 Å². The van der Waals surface area contributed by atoms with Gasteiger partial charge in [0.1, 0.15) is 0 Å². The van der Waals surface area contributed by atoms with E-state index in [1.165, 1.54) is 5.56 Å². The minimum atomic E-state index is -0.768. The van der Waals surface area contributed by atoms with Gasteiger partial charge in [-0.1, -0.05) is 97.9 Å². The first-order chi connectivity index (χ1) is 16.2. The first-order valence-electron chi connectivity index (χ1n) is 11.9. The van der Waals surface area contributed by atoms with Crippen molar-refractivity contribution in [3.63, 3.8) is 0 Å². The minimum Gasteiger partial charge on any atom is -0.321 e. The first kappa shape index (κ1) is 20.4. The van der Waals surface area contributed by atoms with Crippen molar-refractivity contribution in [2.75, 3.05) is 0 Å². The lowest BCUT2D eigenvalue weighted by molar-refractivity contribution is -0.151. The van der Waals surface area contributed by atoms with E-state index in [9.17, 15) is 4.79 Å². The lowest BCUT2D eigenvalue weighted by Gasteiger charge is -2.37. The van der Waals surface area contributed by atoms with Crippen LogP contribution in [0.3, 0.4) is 0 Å². The molecule has 1 spiro atoms. The fourth-order valence-corrected chi connectivity index (χ4v) is 5.93. The fraction of sp³-hybridized carbons (Fsp3) is 0.310. The van der Waals surface area contributed by atoms with Crippen LogP contribution < -0.4 is 0 Å². The molecule has 5 atom stereocenters. The van der Waals surface area contributed by atoms with Gasteiger partial charge in [0.2, 0.25) is 5.91 Å². The van der Waals surface area contributed by atoms with Gasteiger partial charge in [-0.3, -0.25) is 9.79 Å². The molecule has 3 aromatic carbocycles. The molecule has 1 amide bonds. The van der Waals surface area contributed by atoms with Crippen molar-refractivity contribution in [3.8, 4) is 0 Å². The van der Waals surface area contributed by atoms with Gasteiger partial charge in [0.15, 0.2) is 12.0 Å². The van der Waals surface area contributed by atoms with Crippen LogP contribution in [0.5, 0.6) is 0 Å². The molecule has 0 radical (unpaired) electrons. The average Bonchev–Trinajstić information content (AvgIpc) is 3.32. The quantitative estimate of drug-likeness (QED) is 0.524. The number of carbonyl (C=O) groups excluding carboxylic acids is 1. The van der Waals surface area contributed by atoms with Gasteiger partial charge < -0.3 is 9.64 Å². The Morgan fingerprint density at radius 2 is 1.48 bits per heavy atom. The fourth-order valence-electron chi connectivity index (χ4n) is 5.93. The molecule has 6 rings (SSSR count). The number of carbonyl (C=O) groups is 1. The maximum atomic E-state index is 13.9. The van der Waals surface area contributed by atoms with E-state index in [-0.39, 0.29) is 29.9 Å². The molecule has 1 saturated heterocycles. The summed E-state index contributed by atoms with van der Waals surface area (Å²) in [5, 5.41) is 0. The predicted molar refractivity (Wildman–Crippen MR) is 128 cm³/mol. The van der Waals surface area contributed by atoms with Crippen LogP contribution >= 0.6 is 0 Å². The van der Waals surface area contributed by atoms with Crippen molar-refractivity contribution in [1.82, 2.24) is 4.90 Å². The highest BCUT2D eigenvalue weighted by Gasteiger charge is 2.62. The summed E-state index contributed by atoms with van der Waals surface area (Å²) in [5.74, 6) is 0.567. The van der Waals surface area contributed by atoms with Crippen molar-refractivity contribution in [2.24, 2.45) is 16.8 Å². The van der Waals surface area contributed by atoms with Gasteiger partial charge in [-0.25, -0.2) is 0 Å². The van der Waals surface area contributed by atoms with Crippen LogP contribution in [0.1, 0.15) is 48.6 Å². The second kappa shape index (κ2) is 7.96. The molecular formula is C29H28N2O2. The predicted octanol–water partition coefficient (Wildman–Crippen LogP) is 5.73. The molecule has 2 bridgehead atoms. The number of likely N-dealkylation sites (tertiary alicyclic amines) is 1. The molecule has 1 aliphatic carbocycles. The number of nitrogens with zero attached hydrogens (tertiary/aromatic N) is 2. The minimum absolute atomic E-state index is 0.0823. The molecule has 166 valence electrons. The van der Waals surface area contributed by atoms with Crippen LogP contribution in [0.25, 0.3) is 0 Å². The van der Waals surface area contributed by atoms with Gasteiger partial charge in [-0.05, 0) is 29.4 Å². The van der Waals surface area contributed by atoms with Crippen molar-refractivity contribution in [1.29, 1.82) is 0 Å². The number of rotatable bonds is 4. The Hall–Kier alpha value is -3.24. The van der Waals surface area contributed by atoms with E-state index < -0.39 is 5.72 Å².